The average molecular weight is 385 g/mol. The van der Waals surface area contributed by atoms with Crippen molar-refractivity contribution in [2.24, 2.45) is 10.2 Å². The fourth-order valence-corrected chi connectivity index (χ4v) is 3.52. The summed E-state index contributed by atoms with van der Waals surface area (Å²) in [5, 5.41) is 11.2. The van der Waals surface area contributed by atoms with Crippen LogP contribution in [0.2, 0.25) is 0 Å². The van der Waals surface area contributed by atoms with Crippen LogP contribution in [0, 0.1) is 5.82 Å². The van der Waals surface area contributed by atoms with Crippen LogP contribution in [-0.2, 0) is 11.2 Å². The third-order valence-electron chi connectivity index (χ3n) is 3.98. The van der Waals surface area contributed by atoms with Crippen molar-refractivity contribution in [1.82, 2.24) is 5.32 Å². The van der Waals surface area contributed by atoms with Gasteiger partial charge in [-0.2, -0.15) is 5.10 Å². The van der Waals surface area contributed by atoms with E-state index in [1.54, 1.807) is 19.1 Å². The van der Waals surface area contributed by atoms with E-state index in [9.17, 15) is 9.18 Å². The van der Waals surface area contributed by atoms with E-state index in [0.29, 0.717) is 23.9 Å². The largest absolute Gasteiger partial charge is 0.494 e. The number of carbonyl (C=O) groups is 1. The predicted octanol–water partition coefficient (Wildman–Crippen LogP) is 3.78. The van der Waals surface area contributed by atoms with Gasteiger partial charge in [-0.3, -0.25) is 4.79 Å². The Labute approximate surface area is 161 Å². The van der Waals surface area contributed by atoms with Crippen molar-refractivity contribution in [2.45, 2.75) is 25.5 Å². The number of halogens is 1. The van der Waals surface area contributed by atoms with E-state index >= 15 is 0 Å². The molecule has 1 N–H and O–H groups in total. The quantitative estimate of drug-likeness (QED) is 0.608. The van der Waals surface area contributed by atoms with E-state index in [1.807, 2.05) is 31.2 Å². The summed E-state index contributed by atoms with van der Waals surface area (Å²) in [4.78, 5) is 12.2. The lowest BCUT2D eigenvalue weighted by atomic mass is 10.1. The van der Waals surface area contributed by atoms with Gasteiger partial charge in [0.05, 0.1) is 17.6 Å². The molecule has 1 aliphatic rings. The molecule has 1 atom stereocenters. The van der Waals surface area contributed by atoms with E-state index in [1.165, 1.54) is 23.9 Å². The second-order valence-electron chi connectivity index (χ2n) is 5.97. The molecule has 140 valence electrons. The van der Waals surface area contributed by atoms with Gasteiger partial charge < -0.3 is 10.1 Å². The maximum absolute atomic E-state index is 13.0. The Hall–Kier alpha value is -2.67. The zero-order valence-electron chi connectivity index (χ0n) is 15.1. The molecule has 27 heavy (non-hydrogen) atoms. The van der Waals surface area contributed by atoms with Crippen molar-refractivity contribution in [3.05, 3.63) is 65.5 Å². The number of hydrogen-bond acceptors (Lipinski definition) is 5. The summed E-state index contributed by atoms with van der Waals surface area (Å²) in [6, 6.07) is 13.8. The fraction of sp³-hybridized carbons (Fsp3) is 0.250. The maximum atomic E-state index is 13.0. The summed E-state index contributed by atoms with van der Waals surface area (Å²) in [5.74, 6) is 0.438. The topological polar surface area (TPSA) is 63.1 Å². The number of carbonyl (C=O) groups excluding carboxylic acids is 1. The number of amides is 1. The first-order chi connectivity index (χ1) is 13.0. The van der Waals surface area contributed by atoms with Gasteiger partial charge in [0.2, 0.25) is 5.91 Å². The number of ether oxygens (including phenoxy) is 1. The molecule has 1 heterocycles. The van der Waals surface area contributed by atoms with Crippen molar-refractivity contribution < 1.29 is 13.9 Å². The number of nitrogens with one attached hydrogen (secondary N) is 1. The molecule has 0 saturated carbocycles. The van der Waals surface area contributed by atoms with Gasteiger partial charge in [0.15, 0.2) is 5.17 Å². The normalized spacial score (nSPS) is 18.6. The number of benzene rings is 2. The molecule has 1 aliphatic heterocycles. The van der Waals surface area contributed by atoms with Crippen LogP contribution in [0.3, 0.4) is 0 Å². The Morgan fingerprint density at radius 2 is 1.89 bits per heavy atom. The Kier molecular flexibility index (Phi) is 6.24. The highest BCUT2D eigenvalue weighted by molar-refractivity contribution is 8.15. The molecule has 0 aliphatic carbocycles. The first kappa shape index (κ1) is 19.1. The van der Waals surface area contributed by atoms with Crippen LogP contribution in [-0.4, -0.2) is 28.6 Å². The maximum Gasteiger partial charge on any atom is 0.239 e. The van der Waals surface area contributed by atoms with E-state index in [4.69, 9.17) is 4.74 Å². The van der Waals surface area contributed by atoms with Gasteiger partial charge >= 0.3 is 0 Å². The van der Waals surface area contributed by atoms with Crippen LogP contribution >= 0.6 is 11.8 Å². The standard InChI is InChI=1S/C20H20FN3O2S/c1-3-26-17-10-4-14(5-11-17)12-18-19(25)22-20(27-18)24-23-13(2)15-6-8-16(21)9-7-15/h4-11,18H,3,12H2,1-2H3,(H,22,24,25)/b23-13-/t18-/m0/s1. The lowest BCUT2D eigenvalue weighted by Crippen LogP contribution is -2.25. The Morgan fingerprint density at radius 3 is 2.56 bits per heavy atom. The molecule has 0 radical (unpaired) electrons. The minimum Gasteiger partial charge on any atom is -0.494 e. The van der Waals surface area contributed by atoms with Crippen molar-refractivity contribution in [3.63, 3.8) is 0 Å². The highest BCUT2D eigenvalue weighted by Crippen LogP contribution is 2.24. The molecule has 1 fully saturated rings. The summed E-state index contributed by atoms with van der Waals surface area (Å²) in [5.41, 5.74) is 2.48. The summed E-state index contributed by atoms with van der Waals surface area (Å²) in [6.07, 6.45) is 0.600. The van der Waals surface area contributed by atoms with Crippen LogP contribution in [0.15, 0.2) is 58.7 Å². The smallest absolute Gasteiger partial charge is 0.239 e. The monoisotopic (exact) mass is 385 g/mol. The molecule has 0 unspecified atom stereocenters. The number of hydrogen-bond donors (Lipinski definition) is 1. The summed E-state index contributed by atoms with van der Waals surface area (Å²) >= 11 is 1.36. The van der Waals surface area contributed by atoms with Gasteiger partial charge in [0.1, 0.15) is 11.6 Å². The van der Waals surface area contributed by atoms with Gasteiger partial charge in [-0.25, -0.2) is 4.39 Å². The van der Waals surface area contributed by atoms with Crippen molar-refractivity contribution in [3.8, 4) is 5.75 Å². The SMILES string of the molecule is CCOc1ccc(C[C@@H]2S/C(=N\N=C(\C)c3ccc(F)cc3)NC2=O)cc1. The molecule has 1 saturated heterocycles. The second-order valence-corrected chi connectivity index (χ2v) is 7.17. The highest BCUT2D eigenvalue weighted by Gasteiger charge is 2.30. The Balaban J connectivity index is 1.63. The minimum atomic E-state index is -0.298. The van der Waals surface area contributed by atoms with Crippen LogP contribution in [0.4, 0.5) is 4.39 Å². The zero-order chi connectivity index (χ0) is 19.2. The molecule has 3 rings (SSSR count). The third-order valence-corrected chi connectivity index (χ3v) is 5.06. The van der Waals surface area contributed by atoms with E-state index in [0.717, 1.165) is 16.9 Å². The van der Waals surface area contributed by atoms with Crippen LogP contribution < -0.4 is 10.1 Å². The second kappa shape index (κ2) is 8.81. The summed E-state index contributed by atoms with van der Waals surface area (Å²) in [6.45, 7) is 4.35. The first-order valence-corrected chi connectivity index (χ1v) is 9.50. The van der Waals surface area contributed by atoms with Crippen LogP contribution in [0.5, 0.6) is 5.75 Å². The van der Waals surface area contributed by atoms with Crippen LogP contribution in [0.25, 0.3) is 0 Å². The van der Waals surface area contributed by atoms with Crippen molar-refractivity contribution >= 4 is 28.5 Å². The average Bonchev–Trinajstić information content (AvgIpc) is 3.01. The molecule has 2 aromatic rings. The van der Waals surface area contributed by atoms with Gasteiger partial charge in [-0.05, 0) is 55.7 Å². The van der Waals surface area contributed by atoms with Crippen LogP contribution in [0.1, 0.15) is 25.0 Å². The highest BCUT2D eigenvalue weighted by atomic mass is 32.2. The molecule has 0 bridgehead atoms. The Bertz CT molecular complexity index is 864. The lowest BCUT2D eigenvalue weighted by molar-refractivity contribution is -0.118. The third kappa shape index (κ3) is 5.17. The van der Waals surface area contributed by atoms with Gasteiger partial charge in [0, 0.05) is 0 Å². The van der Waals surface area contributed by atoms with Gasteiger partial charge in [-0.15, -0.1) is 5.10 Å². The van der Waals surface area contributed by atoms with Crippen molar-refractivity contribution in [2.75, 3.05) is 6.61 Å². The molecule has 7 heteroatoms. The molecule has 5 nitrogen and oxygen atoms in total. The van der Waals surface area contributed by atoms with E-state index in [-0.39, 0.29) is 17.0 Å². The Morgan fingerprint density at radius 1 is 1.19 bits per heavy atom. The first-order valence-electron chi connectivity index (χ1n) is 8.62. The van der Waals surface area contributed by atoms with E-state index in [2.05, 4.69) is 15.5 Å². The predicted molar refractivity (Wildman–Crippen MR) is 107 cm³/mol. The lowest BCUT2D eigenvalue weighted by Gasteiger charge is -2.07. The van der Waals surface area contributed by atoms with Gasteiger partial charge in [-0.1, -0.05) is 36.0 Å². The molecule has 2 aromatic carbocycles. The van der Waals surface area contributed by atoms with E-state index < -0.39 is 0 Å². The number of thioether (sulfide) groups is 1. The summed E-state index contributed by atoms with van der Waals surface area (Å²) in [7, 11) is 0. The number of rotatable bonds is 6. The minimum absolute atomic E-state index is 0.0812. The zero-order valence-corrected chi connectivity index (χ0v) is 15.9. The van der Waals surface area contributed by atoms with Gasteiger partial charge in [0.25, 0.3) is 0 Å². The van der Waals surface area contributed by atoms with Crippen molar-refractivity contribution in [1.29, 1.82) is 0 Å². The summed E-state index contributed by atoms with van der Waals surface area (Å²) < 4.78 is 18.4. The fourth-order valence-electron chi connectivity index (χ4n) is 2.56. The molecular weight excluding hydrogens is 365 g/mol. The molecule has 0 spiro atoms. The molecule has 1 amide bonds. The molecular formula is C20H20FN3O2S. The molecule has 0 aromatic heterocycles. The number of amidine groups is 1. The number of nitrogens with zero attached hydrogens (tertiary/aromatic N) is 2.